The average Bonchev–Trinajstić information content (AvgIpc) is 3.07. The van der Waals surface area contributed by atoms with Crippen LogP contribution in [0.2, 0.25) is 0 Å². The SMILES string of the molecule is C=C(OCc1ccccc1)c1c[nH]c2c(=O)[nH]c3ccccc3c12. The minimum absolute atomic E-state index is 0.147. The van der Waals surface area contributed by atoms with Gasteiger partial charge in [0, 0.05) is 28.0 Å². The molecule has 0 aliphatic heterocycles. The zero-order valence-corrected chi connectivity index (χ0v) is 13.0. The number of hydrogen-bond donors (Lipinski definition) is 2. The highest BCUT2D eigenvalue weighted by Crippen LogP contribution is 2.29. The first-order valence-corrected chi connectivity index (χ1v) is 7.72. The van der Waals surface area contributed by atoms with Crippen molar-refractivity contribution in [3.8, 4) is 0 Å². The summed E-state index contributed by atoms with van der Waals surface area (Å²) in [5.74, 6) is 0.542. The first-order chi connectivity index (χ1) is 11.7. The second kappa shape index (κ2) is 5.74. The van der Waals surface area contributed by atoms with Crippen molar-refractivity contribution in [1.29, 1.82) is 0 Å². The lowest BCUT2D eigenvalue weighted by molar-refractivity contribution is 0.266. The van der Waals surface area contributed by atoms with E-state index in [0.717, 1.165) is 27.4 Å². The van der Waals surface area contributed by atoms with Crippen molar-refractivity contribution in [2.24, 2.45) is 0 Å². The van der Waals surface area contributed by atoms with Crippen molar-refractivity contribution in [3.63, 3.8) is 0 Å². The van der Waals surface area contributed by atoms with E-state index in [0.29, 0.717) is 17.9 Å². The second-order valence-corrected chi connectivity index (χ2v) is 5.65. The normalized spacial score (nSPS) is 11.0. The van der Waals surface area contributed by atoms with Gasteiger partial charge in [0.15, 0.2) is 0 Å². The van der Waals surface area contributed by atoms with E-state index in [1.807, 2.05) is 54.6 Å². The number of fused-ring (bicyclic) bond motifs is 3. The van der Waals surface area contributed by atoms with E-state index in [9.17, 15) is 4.79 Å². The van der Waals surface area contributed by atoms with Gasteiger partial charge in [-0.25, -0.2) is 0 Å². The Hall–Kier alpha value is -3.27. The van der Waals surface area contributed by atoms with Gasteiger partial charge >= 0.3 is 0 Å². The Bertz CT molecular complexity index is 1090. The average molecular weight is 316 g/mol. The van der Waals surface area contributed by atoms with E-state index < -0.39 is 0 Å². The van der Waals surface area contributed by atoms with Crippen molar-refractivity contribution in [2.75, 3.05) is 0 Å². The highest BCUT2D eigenvalue weighted by molar-refractivity contribution is 6.09. The number of aromatic nitrogens is 2. The predicted molar refractivity (Wildman–Crippen MR) is 96.7 cm³/mol. The molecule has 4 nitrogen and oxygen atoms in total. The molecular weight excluding hydrogens is 300 g/mol. The largest absolute Gasteiger partial charge is 0.489 e. The van der Waals surface area contributed by atoms with Crippen molar-refractivity contribution < 1.29 is 4.74 Å². The van der Waals surface area contributed by atoms with Gasteiger partial charge in [0.1, 0.15) is 17.9 Å². The van der Waals surface area contributed by atoms with E-state index in [1.165, 1.54) is 0 Å². The molecule has 0 aliphatic carbocycles. The molecule has 0 fully saturated rings. The minimum Gasteiger partial charge on any atom is -0.489 e. The monoisotopic (exact) mass is 316 g/mol. The summed E-state index contributed by atoms with van der Waals surface area (Å²) in [6.07, 6.45) is 1.78. The van der Waals surface area contributed by atoms with E-state index in [4.69, 9.17) is 4.74 Å². The van der Waals surface area contributed by atoms with Crippen molar-refractivity contribution in [1.82, 2.24) is 9.97 Å². The van der Waals surface area contributed by atoms with Crippen molar-refractivity contribution in [2.45, 2.75) is 6.61 Å². The molecular formula is C20H16N2O2. The Labute approximate surface area is 138 Å². The summed E-state index contributed by atoms with van der Waals surface area (Å²) in [4.78, 5) is 18.2. The Morgan fingerprint density at radius 3 is 2.62 bits per heavy atom. The zero-order valence-electron chi connectivity index (χ0n) is 13.0. The summed E-state index contributed by atoms with van der Waals surface area (Å²) in [6, 6.07) is 17.6. The van der Waals surface area contributed by atoms with Gasteiger partial charge in [0.2, 0.25) is 0 Å². The molecule has 0 amide bonds. The van der Waals surface area contributed by atoms with Gasteiger partial charge in [0.25, 0.3) is 5.56 Å². The van der Waals surface area contributed by atoms with E-state index in [2.05, 4.69) is 16.5 Å². The molecule has 0 aliphatic rings. The number of rotatable bonds is 4. The minimum atomic E-state index is -0.147. The number of H-pyrrole nitrogens is 2. The smallest absolute Gasteiger partial charge is 0.272 e. The lowest BCUT2D eigenvalue weighted by Gasteiger charge is -2.09. The number of nitrogens with one attached hydrogen (secondary N) is 2. The van der Waals surface area contributed by atoms with Crippen LogP contribution in [0.5, 0.6) is 0 Å². The van der Waals surface area contributed by atoms with Crippen LogP contribution >= 0.6 is 0 Å². The molecule has 4 aromatic rings. The molecule has 4 heteroatoms. The first kappa shape index (κ1) is 14.3. The lowest BCUT2D eigenvalue weighted by Crippen LogP contribution is -2.06. The summed E-state index contributed by atoms with van der Waals surface area (Å²) >= 11 is 0. The molecule has 0 saturated heterocycles. The maximum atomic E-state index is 12.3. The van der Waals surface area contributed by atoms with Gasteiger partial charge < -0.3 is 14.7 Å². The van der Waals surface area contributed by atoms with E-state index in [1.54, 1.807) is 6.20 Å². The molecule has 0 bridgehead atoms. The number of pyridine rings is 1. The van der Waals surface area contributed by atoms with Crippen LogP contribution in [-0.2, 0) is 11.3 Å². The summed E-state index contributed by atoms with van der Waals surface area (Å²) in [7, 11) is 0. The Morgan fingerprint density at radius 2 is 1.79 bits per heavy atom. The quantitative estimate of drug-likeness (QED) is 0.554. The van der Waals surface area contributed by atoms with Crippen LogP contribution < -0.4 is 5.56 Å². The summed E-state index contributed by atoms with van der Waals surface area (Å²) in [6.45, 7) is 4.48. The maximum absolute atomic E-state index is 12.3. The van der Waals surface area contributed by atoms with Crippen LogP contribution in [0.15, 0.2) is 72.2 Å². The number of aromatic amines is 2. The fraction of sp³-hybridized carbons (Fsp3) is 0.0500. The molecule has 0 spiro atoms. The van der Waals surface area contributed by atoms with Crippen LogP contribution in [-0.4, -0.2) is 9.97 Å². The molecule has 0 unspecified atom stereocenters. The fourth-order valence-electron chi connectivity index (χ4n) is 2.92. The molecule has 2 N–H and O–H groups in total. The Morgan fingerprint density at radius 1 is 1.04 bits per heavy atom. The third-order valence-electron chi connectivity index (χ3n) is 4.11. The van der Waals surface area contributed by atoms with Gasteiger partial charge in [-0.15, -0.1) is 0 Å². The molecule has 4 rings (SSSR count). The van der Waals surface area contributed by atoms with Crippen LogP contribution in [0.1, 0.15) is 11.1 Å². The van der Waals surface area contributed by atoms with Crippen molar-refractivity contribution in [3.05, 3.63) is 88.9 Å². The number of benzene rings is 2. The highest BCUT2D eigenvalue weighted by atomic mass is 16.5. The molecule has 24 heavy (non-hydrogen) atoms. The predicted octanol–water partition coefficient (Wildman–Crippen LogP) is 4.20. The molecule has 2 aromatic heterocycles. The summed E-state index contributed by atoms with van der Waals surface area (Å²) in [5, 5.41) is 1.81. The Kier molecular flexibility index (Phi) is 3.43. The Balaban J connectivity index is 1.76. The third kappa shape index (κ3) is 2.38. The maximum Gasteiger partial charge on any atom is 0.272 e. The summed E-state index contributed by atoms with van der Waals surface area (Å²) < 4.78 is 5.84. The third-order valence-corrected chi connectivity index (χ3v) is 4.11. The fourth-order valence-corrected chi connectivity index (χ4v) is 2.92. The zero-order chi connectivity index (χ0) is 16.5. The number of hydrogen-bond acceptors (Lipinski definition) is 2. The van der Waals surface area contributed by atoms with Gasteiger partial charge in [0.05, 0.1) is 0 Å². The molecule has 2 heterocycles. The molecule has 0 radical (unpaired) electrons. The van der Waals surface area contributed by atoms with Gasteiger partial charge in [-0.3, -0.25) is 4.79 Å². The second-order valence-electron chi connectivity index (χ2n) is 5.65. The molecule has 0 saturated carbocycles. The van der Waals surface area contributed by atoms with Gasteiger partial charge in [-0.2, -0.15) is 0 Å². The number of para-hydroxylation sites is 1. The molecule has 2 aromatic carbocycles. The van der Waals surface area contributed by atoms with Gasteiger partial charge in [-0.1, -0.05) is 55.1 Å². The number of ether oxygens (including phenoxy) is 1. The van der Waals surface area contributed by atoms with Gasteiger partial charge in [-0.05, 0) is 11.6 Å². The summed E-state index contributed by atoms with van der Waals surface area (Å²) in [5.41, 5.74) is 3.06. The molecule has 0 atom stereocenters. The highest BCUT2D eigenvalue weighted by Gasteiger charge is 2.14. The van der Waals surface area contributed by atoms with Crippen LogP contribution in [0.25, 0.3) is 27.6 Å². The molecule has 118 valence electrons. The van der Waals surface area contributed by atoms with Crippen LogP contribution in [0.4, 0.5) is 0 Å². The van der Waals surface area contributed by atoms with E-state index >= 15 is 0 Å². The van der Waals surface area contributed by atoms with Crippen LogP contribution in [0, 0.1) is 0 Å². The van der Waals surface area contributed by atoms with Crippen LogP contribution in [0.3, 0.4) is 0 Å². The standard InChI is InChI=1S/C20H16N2O2/c1-13(24-12-14-7-3-2-4-8-14)16-11-21-19-18(16)15-9-5-6-10-17(15)22-20(19)23/h2-11,21H,1,12H2,(H,22,23). The lowest BCUT2D eigenvalue weighted by atomic mass is 10.1. The topological polar surface area (TPSA) is 57.9 Å². The van der Waals surface area contributed by atoms with E-state index in [-0.39, 0.29) is 5.56 Å². The van der Waals surface area contributed by atoms with Crippen molar-refractivity contribution >= 4 is 27.6 Å². The first-order valence-electron chi connectivity index (χ1n) is 7.72.